The van der Waals surface area contributed by atoms with E-state index in [0.29, 0.717) is 25.9 Å². The van der Waals surface area contributed by atoms with Crippen LogP contribution < -0.4 is 14.8 Å². The van der Waals surface area contributed by atoms with Gasteiger partial charge in [0.1, 0.15) is 0 Å². The summed E-state index contributed by atoms with van der Waals surface area (Å²) in [4.78, 5) is 24.8. The Kier molecular flexibility index (Phi) is 7.03. The third-order valence-electron chi connectivity index (χ3n) is 5.68. The van der Waals surface area contributed by atoms with Crippen molar-refractivity contribution in [3.05, 3.63) is 23.8 Å². The number of hydrogen-bond donors (Lipinski definition) is 2. The zero-order valence-electron chi connectivity index (χ0n) is 17.8. The van der Waals surface area contributed by atoms with E-state index in [-0.39, 0.29) is 11.4 Å². The van der Waals surface area contributed by atoms with Crippen LogP contribution in [0.4, 0.5) is 18.0 Å². The highest BCUT2D eigenvalue weighted by atomic mass is 19.4. The summed E-state index contributed by atoms with van der Waals surface area (Å²) >= 11 is 0. The number of likely N-dealkylation sites (tertiary alicyclic amines) is 1. The third kappa shape index (κ3) is 5.54. The van der Waals surface area contributed by atoms with Gasteiger partial charge < -0.3 is 29.5 Å². The summed E-state index contributed by atoms with van der Waals surface area (Å²) in [5.41, 5.74) is 1.24. The zero-order valence-corrected chi connectivity index (χ0v) is 17.8. The van der Waals surface area contributed by atoms with Gasteiger partial charge in [-0.05, 0) is 17.7 Å². The molecule has 2 atom stereocenters. The molecule has 1 aromatic carbocycles. The van der Waals surface area contributed by atoms with Gasteiger partial charge >= 0.3 is 18.2 Å². The molecule has 3 aliphatic rings. The number of nitrogens with one attached hydrogen (secondary N) is 1. The topological polar surface area (TPSA) is 101 Å². The summed E-state index contributed by atoms with van der Waals surface area (Å²) in [6, 6.07) is 6.09. The van der Waals surface area contributed by atoms with Crippen LogP contribution in [0, 0.1) is 11.3 Å². The average Bonchev–Trinajstić information content (AvgIpc) is 3.39. The molecule has 178 valence electrons. The Morgan fingerprint density at radius 1 is 1.28 bits per heavy atom. The fourth-order valence-electron chi connectivity index (χ4n) is 4.02. The van der Waals surface area contributed by atoms with Crippen LogP contribution >= 0.6 is 0 Å². The van der Waals surface area contributed by atoms with Gasteiger partial charge in [0.15, 0.2) is 11.5 Å². The number of fused-ring (bicyclic) bond motifs is 2. The second-order valence-corrected chi connectivity index (χ2v) is 8.29. The van der Waals surface area contributed by atoms with E-state index in [4.69, 9.17) is 24.1 Å². The number of rotatable bonds is 4. The molecule has 2 saturated heterocycles. The van der Waals surface area contributed by atoms with Crippen LogP contribution in [0.2, 0.25) is 0 Å². The molecule has 0 saturated carbocycles. The van der Waals surface area contributed by atoms with E-state index >= 15 is 0 Å². The van der Waals surface area contributed by atoms with Crippen molar-refractivity contribution in [1.82, 2.24) is 15.1 Å². The number of urea groups is 1. The molecular weight excluding hydrogens is 435 g/mol. The lowest BCUT2D eigenvalue weighted by Crippen LogP contribution is -2.45. The SMILES string of the molecule is CN(C)C(=O)NC[C@]12COC[C@H]1CN(Cc1ccc3c(c1)OCO3)C2.O=C(O)C(F)(F)F. The molecule has 9 nitrogen and oxygen atoms in total. The highest BCUT2D eigenvalue weighted by Crippen LogP contribution is 2.42. The Labute approximate surface area is 183 Å². The molecule has 0 aromatic heterocycles. The molecule has 2 amide bonds. The molecule has 32 heavy (non-hydrogen) atoms. The Morgan fingerprint density at radius 3 is 2.62 bits per heavy atom. The number of carboxylic acids is 1. The van der Waals surface area contributed by atoms with E-state index in [1.165, 1.54) is 5.56 Å². The molecule has 0 spiro atoms. The van der Waals surface area contributed by atoms with Gasteiger partial charge in [0.25, 0.3) is 0 Å². The van der Waals surface area contributed by atoms with Crippen LogP contribution in [-0.2, 0) is 16.1 Å². The summed E-state index contributed by atoms with van der Waals surface area (Å²) in [6.45, 7) is 5.24. The number of aliphatic carboxylic acids is 1. The minimum atomic E-state index is -5.08. The molecule has 0 bridgehead atoms. The fraction of sp³-hybridized carbons (Fsp3) is 0.600. The number of nitrogens with zero attached hydrogens (tertiary/aromatic N) is 2. The lowest BCUT2D eigenvalue weighted by atomic mass is 9.81. The van der Waals surface area contributed by atoms with Crippen molar-refractivity contribution in [3.8, 4) is 11.5 Å². The molecule has 12 heteroatoms. The lowest BCUT2D eigenvalue weighted by Gasteiger charge is -2.28. The van der Waals surface area contributed by atoms with Crippen LogP contribution in [0.1, 0.15) is 5.56 Å². The molecular formula is C20H26F3N3O6. The molecule has 2 N–H and O–H groups in total. The molecule has 0 unspecified atom stereocenters. The highest BCUT2D eigenvalue weighted by Gasteiger charge is 2.50. The monoisotopic (exact) mass is 461 g/mol. The predicted molar refractivity (Wildman–Crippen MR) is 105 cm³/mol. The standard InChI is InChI=1S/C18H25N3O4.C2HF3O2/c1-20(2)17(22)19-9-18-10-21(7-14(18)8-23-11-18)6-13-3-4-15-16(5-13)25-12-24-15;3-2(4,5)1(6)7/h3-5,14H,6-12H2,1-2H3,(H,19,22);(H,6,7)/t14-,18+;/m1./s1. The van der Waals surface area contributed by atoms with E-state index in [1.807, 2.05) is 6.07 Å². The summed E-state index contributed by atoms with van der Waals surface area (Å²) in [7, 11) is 3.52. The van der Waals surface area contributed by atoms with Crippen molar-refractivity contribution in [3.63, 3.8) is 0 Å². The molecule has 3 aliphatic heterocycles. The first-order valence-electron chi connectivity index (χ1n) is 9.94. The van der Waals surface area contributed by atoms with E-state index in [0.717, 1.165) is 37.7 Å². The van der Waals surface area contributed by atoms with Gasteiger partial charge in [-0.15, -0.1) is 0 Å². The summed E-state index contributed by atoms with van der Waals surface area (Å²) in [6.07, 6.45) is -5.08. The van der Waals surface area contributed by atoms with Gasteiger partial charge in [0.2, 0.25) is 6.79 Å². The lowest BCUT2D eigenvalue weighted by molar-refractivity contribution is -0.192. The number of carbonyl (C=O) groups excluding carboxylic acids is 1. The minimum Gasteiger partial charge on any atom is -0.475 e. The normalized spacial score (nSPS) is 23.8. The maximum Gasteiger partial charge on any atom is 0.490 e. The van der Waals surface area contributed by atoms with E-state index in [2.05, 4.69) is 22.3 Å². The number of ether oxygens (including phenoxy) is 3. The number of alkyl halides is 3. The highest BCUT2D eigenvalue weighted by molar-refractivity contribution is 5.73. The third-order valence-corrected chi connectivity index (χ3v) is 5.68. The number of hydrogen-bond acceptors (Lipinski definition) is 6. The Balaban J connectivity index is 0.000000360. The zero-order chi connectivity index (χ0) is 23.5. The fourth-order valence-corrected chi connectivity index (χ4v) is 4.02. The summed E-state index contributed by atoms with van der Waals surface area (Å²) in [5.74, 6) is -0.650. The minimum absolute atomic E-state index is 0.0159. The molecule has 1 aromatic rings. The quantitative estimate of drug-likeness (QED) is 0.705. The molecule has 4 rings (SSSR count). The summed E-state index contributed by atoms with van der Waals surface area (Å²) in [5, 5.41) is 10.2. The first-order chi connectivity index (χ1) is 15.0. The van der Waals surface area contributed by atoms with Gasteiger partial charge in [-0.25, -0.2) is 9.59 Å². The summed E-state index contributed by atoms with van der Waals surface area (Å²) < 4.78 is 48.3. The average molecular weight is 461 g/mol. The second kappa shape index (κ2) is 9.41. The first-order valence-corrected chi connectivity index (χ1v) is 9.94. The Morgan fingerprint density at radius 2 is 1.97 bits per heavy atom. The van der Waals surface area contributed by atoms with E-state index in [9.17, 15) is 18.0 Å². The maximum atomic E-state index is 11.9. The first kappa shape index (κ1) is 23.9. The number of carbonyl (C=O) groups is 2. The van der Waals surface area contributed by atoms with Crippen molar-refractivity contribution in [2.75, 3.05) is 53.7 Å². The number of amides is 2. The van der Waals surface area contributed by atoms with Crippen LogP contribution in [0.15, 0.2) is 18.2 Å². The van der Waals surface area contributed by atoms with Crippen molar-refractivity contribution in [1.29, 1.82) is 0 Å². The van der Waals surface area contributed by atoms with Gasteiger partial charge in [0, 0.05) is 51.6 Å². The van der Waals surface area contributed by atoms with E-state index in [1.54, 1.807) is 19.0 Å². The predicted octanol–water partition coefficient (Wildman–Crippen LogP) is 1.77. The maximum absolute atomic E-state index is 11.9. The molecule has 3 heterocycles. The van der Waals surface area contributed by atoms with Crippen LogP contribution in [0.25, 0.3) is 0 Å². The van der Waals surface area contributed by atoms with Crippen LogP contribution in [0.5, 0.6) is 11.5 Å². The van der Waals surface area contributed by atoms with Gasteiger partial charge in [-0.3, -0.25) is 4.90 Å². The van der Waals surface area contributed by atoms with Gasteiger partial charge in [-0.1, -0.05) is 6.07 Å². The Hall–Kier alpha value is -2.73. The van der Waals surface area contributed by atoms with Crippen molar-refractivity contribution >= 4 is 12.0 Å². The second-order valence-electron chi connectivity index (χ2n) is 8.29. The van der Waals surface area contributed by atoms with E-state index < -0.39 is 12.1 Å². The number of halogens is 3. The molecule has 2 fully saturated rings. The molecule has 0 radical (unpaired) electrons. The van der Waals surface area contributed by atoms with Crippen LogP contribution in [-0.4, -0.2) is 86.8 Å². The van der Waals surface area contributed by atoms with Crippen molar-refractivity contribution in [2.24, 2.45) is 11.3 Å². The molecule has 0 aliphatic carbocycles. The van der Waals surface area contributed by atoms with Crippen LogP contribution in [0.3, 0.4) is 0 Å². The van der Waals surface area contributed by atoms with Gasteiger partial charge in [-0.2, -0.15) is 13.2 Å². The van der Waals surface area contributed by atoms with Gasteiger partial charge in [0.05, 0.1) is 13.2 Å². The largest absolute Gasteiger partial charge is 0.490 e. The van der Waals surface area contributed by atoms with Crippen molar-refractivity contribution in [2.45, 2.75) is 12.7 Å². The van der Waals surface area contributed by atoms with Crippen molar-refractivity contribution < 1.29 is 42.1 Å². The number of benzene rings is 1. The smallest absolute Gasteiger partial charge is 0.475 e. The number of carboxylic acid groups (broad SMARTS) is 1. The Bertz CT molecular complexity index is 850.